The molecule has 8 nitrogen and oxygen atoms in total. The summed E-state index contributed by atoms with van der Waals surface area (Å²) in [5, 5.41) is 3.77. The van der Waals surface area contributed by atoms with Crippen LogP contribution in [0.4, 0.5) is 4.79 Å². The van der Waals surface area contributed by atoms with E-state index in [9.17, 15) is 9.59 Å². The predicted molar refractivity (Wildman–Crippen MR) is 94.8 cm³/mol. The highest BCUT2D eigenvalue weighted by Crippen LogP contribution is 2.15. The van der Waals surface area contributed by atoms with Gasteiger partial charge >= 0.3 is 6.03 Å². The Labute approximate surface area is 152 Å². The van der Waals surface area contributed by atoms with Crippen LogP contribution >= 0.6 is 11.6 Å². The van der Waals surface area contributed by atoms with Crippen LogP contribution in [-0.2, 0) is 16.1 Å². The maximum atomic E-state index is 12.7. The highest BCUT2D eigenvalue weighted by atomic mass is 35.5. The van der Waals surface area contributed by atoms with Gasteiger partial charge in [0.05, 0.1) is 19.8 Å². The number of nitrogens with two attached hydrogens (primary N) is 2. The van der Waals surface area contributed by atoms with E-state index in [1.165, 1.54) is 4.90 Å². The SMILES string of the molecule is CN1C(=O)N(CCOCCN)C(=O)C(NCc2ccc(Cl)cc2)C1N. The van der Waals surface area contributed by atoms with Gasteiger partial charge in [0.1, 0.15) is 12.2 Å². The Hall–Kier alpha value is -1.71. The van der Waals surface area contributed by atoms with E-state index in [4.69, 9.17) is 27.8 Å². The van der Waals surface area contributed by atoms with Crippen LogP contribution in [0, 0.1) is 0 Å². The molecule has 1 aliphatic heterocycles. The van der Waals surface area contributed by atoms with Crippen LogP contribution in [0.25, 0.3) is 0 Å². The van der Waals surface area contributed by atoms with Gasteiger partial charge in [-0.05, 0) is 17.7 Å². The standard InChI is InChI=1S/C16H24ClN5O3/c1-21-14(19)13(20-10-11-2-4-12(17)5-3-11)15(23)22(16(21)24)7-9-25-8-6-18/h2-5,13-14,20H,6-10,18-19H2,1H3. The van der Waals surface area contributed by atoms with E-state index in [1.807, 2.05) is 12.1 Å². The van der Waals surface area contributed by atoms with Gasteiger partial charge in [0.2, 0.25) is 0 Å². The van der Waals surface area contributed by atoms with Crippen LogP contribution in [0.5, 0.6) is 0 Å². The summed E-state index contributed by atoms with van der Waals surface area (Å²) in [6, 6.07) is 6.14. The van der Waals surface area contributed by atoms with E-state index in [-0.39, 0.29) is 19.1 Å². The Morgan fingerprint density at radius 1 is 1.24 bits per heavy atom. The van der Waals surface area contributed by atoms with Crippen LogP contribution in [0.15, 0.2) is 24.3 Å². The largest absolute Gasteiger partial charge is 0.378 e. The molecule has 1 fully saturated rings. The lowest BCUT2D eigenvalue weighted by Crippen LogP contribution is -2.70. The number of halogens is 1. The Morgan fingerprint density at radius 2 is 1.92 bits per heavy atom. The normalized spacial score (nSPS) is 21.1. The molecule has 1 aliphatic rings. The molecule has 1 aromatic carbocycles. The predicted octanol–water partition coefficient (Wildman–Crippen LogP) is -0.0477. The summed E-state index contributed by atoms with van der Waals surface area (Å²) in [7, 11) is 1.57. The second-order valence-corrected chi connectivity index (χ2v) is 6.20. The zero-order chi connectivity index (χ0) is 18.4. The summed E-state index contributed by atoms with van der Waals surface area (Å²) in [6.45, 7) is 1.60. The van der Waals surface area contributed by atoms with E-state index in [0.717, 1.165) is 10.5 Å². The van der Waals surface area contributed by atoms with E-state index < -0.39 is 18.2 Å². The van der Waals surface area contributed by atoms with Gasteiger partial charge in [-0.1, -0.05) is 23.7 Å². The molecule has 25 heavy (non-hydrogen) atoms. The molecule has 2 rings (SSSR count). The summed E-state index contributed by atoms with van der Waals surface area (Å²) in [5.74, 6) is -0.360. The van der Waals surface area contributed by atoms with E-state index in [2.05, 4.69) is 5.32 Å². The fraction of sp³-hybridized carbons (Fsp3) is 0.500. The average Bonchev–Trinajstić information content (AvgIpc) is 2.61. The molecule has 2 atom stereocenters. The molecule has 0 aromatic heterocycles. The first kappa shape index (κ1) is 19.6. The number of likely N-dealkylation sites (N-methyl/N-ethyl adjacent to an activating group) is 1. The van der Waals surface area contributed by atoms with Gasteiger partial charge in [-0.15, -0.1) is 0 Å². The first-order valence-corrected chi connectivity index (χ1v) is 8.43. The first-order chi connectivity index (χ1) is 12.0. The lowest BCUT2D eigenvalue weighted by Gasteiger charge is -2.41. The molecule has 0 bridgehead atoms. The number of carbonyl (C=O) groups excluding carboxylic acids is 2. The average molecular weight is 370 g/mol. The van der Waals surface area contributed by atoms with Crippen LogP contribution < -0.4 is 16.8 Å². The molecule has 0 radical (unpaired) electrons. The number of rotatable bonds is 8. The molecule has 3 amide bonds. The molecular formula is C16H24ClN5O3. The number of ether oxygens (including phenoxy) is 1. The first-order valence-electron chi connectivity index (χ1n) is 8.05. The third-order valence-electron chi connectivity index (χ3n) is 4.01. The van der Waals surface area contributed by atoms with Crippen molar-refractivity contribution in [1.82, 2.24) is 15.1 Å². The van der Waals surface area contributed by atoms with Crippen molar-refractivity contribution in [3.63, 3.8) is 0 Å². The summed E-state index contributed by atoms with van der Waals surface area (Å²) < 4.78 is 5.27. The topological polar surface area (TPSA) is 114 Å². The fourth-order valence-electron chi connectivity index (χ4n) is 2.53. The molecular weight excluding hydrogens is 346 g/mol. The van der Waals surface area contributed by atoms with Gasteiger partial charge in [-0.2, -0.15) is 0 Å². The number of benzene rings is 1. The quantitative estimate of drug-likeness (QED) is 0.554. The molecule has 138 valence electrons. The number of nitrogens with one attached hydrogen (secondary N) is 1. The number of amides is 3. The maximum absolute atomic E-state index is 12.7. The summed E-state index contributed by atoms with van der Waals surface area (Å²) in [6.07, 6.45) is -0.742. The second-order valence-electron chi connectivity index (χ2n) is 5.76. The zero-order valence-electron chi connectivity index (χ0n) is 14.2. The molecule has 0 spiro atoms. The molecule has 1 saturated heterocycles. The highest BCUT2D eigenvalue weighted by Gasteiger charge is 2.42. The van der Waals surface area contributed by atoms with Crippen molar-refractivity contribution in [3.05, 3.63) is 34.9 Å². The second kappa shape index (κ2) is 9.12. The molecule has 1 heterocycles. The van der Waals surface area contributed by atoms with Crippen LogP contribution in [0.1, 0.15) is 5.56 Å². The monoisotopic (exact) mass is 369 g/mol. The van der Waals surface area contributed by atoms with Crippen molar-refractivity contribution in [2.24, 2.45) is 11.5 Å². The van der Waals surface area contributed by atoms with Crippen LogP contribution in [0.2, 0.25) is 5.02 Å². The number of hydrogen-bond donors (Lipinski definition) is 3. The van der Waals surface area contributed by atoms with Crippen molar-refractivity contribution >= 4 is 23.5 Å². The van der Waals surface area contributed by atoms with Crippen molar-refractivity contribution in [3.8, 4) is 0 Å². The van der Waals surface area contributed by atoms with Gasteiger partial charge in [0.15, 0.2) is 0 Å². The van der Waals surface area contributed by atoms with E-state index in [0.29, 0.717) is 24.7 Å². The Kier molecular flexibility index (Phi) is 7.15. The maximum Gasteiger partial charge on any atom is 0.327 e. The summed E-state index contributed by atoms with van der Waals surface area (Å²) >= 11 is 5.87. The fourth-order valence-corrected chi connectivity index (χ4v) is 2.66. The number of carbonyl (C=O) groups is 2. The third kappa shape index (κ3) is 4.90. The Bertz CT molecular complexity index is 598. The lowest BCUT2D eigenvalue weighted by molar-refractivity contribution is -0.136. The highest BCUT2D eigenvalue weighted by molar-refractivity contribution is 6.30. The van der Waals surface area contributed by atoms with Crippen LogP contribution in [-0.4, -0.2) is 67.3 Å². The van der Waals surface area contributed by atoms with Gasteiger partial charge in [0.25, 0.3) is 5.91 Å². The van der Waals surface area contributed by atoms with Gasteiger partial charge in [-0.3, -0.25) is 15.0 Å². The van der Waals surface area contributed by atoms with E-state index in [1.54, 1.807) is 19.2 Å². The van der Waals surface area contributed by atoms with Crippen molar-refractivity contribution in [1.29, 1.82) is 0 Å². The van der Waals surface area contributed by atoms with Crippen molar-refractivity contribution in [2.75, 3.05) is 33.4 Å². The third-order valence-corrected chi connectivity index (χ3v) is 4.27. The Balaban J connectivity index is 2.01. The molecule has 0 saturated carbocycles. The molecule has 1 aromatic rings. The van der Waals surface area contributed by atoms with Gasteiger partial charge in [0, 0.05) is 25.2 Å². The van der Waals surface area contributed by atoms with Crippen LogP contribution in [0.3, 0.4) is 0 Å². The molecule has 0 aliphatic carbocycles. The lowest BCUT2D eigenvalue weighted by atomic mass is 10.1. The minimum atomic E-state index is -0.742. The molecule has 5 N–H and O–H groups in total. The number of urea groups is 1. The zero-order valence-corrected chi connectivity index (χ0v) is 14.9. The minimum absolute atomic E-state index is 0.161. The van der Waals surface area contributed by atoms with Gasteiger partial charge < -0.3 is 21.1 Å². The molecule has 2 unspecified atom stereocenters. The number of hydrogen-bond acceptors (Lipinski definition) is 6. The van der Waals surface area contributed by atoms with Gasteiger partial charge in [-0.25, -0.2) is 4.79 Å². The van der Waals surface area contributed by atoms with E-state index >= 15 is 0 Å². The van der Waals surface area contributed by atoms with Crippen molar-refractivity contribution < 1.29 is 14.3 Å². The summed E-state index contributed by atoms with van der Waals surface area (Å²) in [4.78, 5) is 27.5. The smallest absolute Gasteiger partial charge is 0.327 e. The summed E-state index contributed by atoms with van der Waals surface area (Å²) in [5.41, 5.74) is 12.4. The minimum Gasteiger partial charge on any atom is -0.378 e. The Morgan fingerprint density at radius 3 is 2.56 bits per heavy atom. The number of nitrogens with zero attached hydrogens (tertiary/aromatic N) is 2. The molecule has 9 heteroatoms. The van der Waals surface area contributed by atoms with Crippen molar-refractivity contribution in [2.45, 2.75) is 18.8 Å². The number of imide groups is 1.